The summed E-state index contributed by atoms with van der Waals surface area (Å²) in [6.07, 6.45) is 33.7. The molecule has 1 aliphatic rings. The Morgan fingerprint density at radius 1 is 0.477 bits per heavy atom. The van der Waals surface area contributed by atoms with Crippen LogP contribution in [0.4, 0.5) is 0 Å². The smallest absolute Gasteiger partial charge is 0.462 e. The van der Waals surface area contributed by atoms with Gasteiger partial charge in [-0.3, -0.25) is 18.6 Å². The topological polar surface area (TPSA) is 210 Å². The highest BCUT2D eigenvalue weighted by atomic mass is 31.2. The van der Waals surface area contributed by atoms with Crippen LogP contribution in [0.2, 0.25) is 0 Å². The van der Waals surface area contributed by atoms with Crippen LogP contribution in [-0.2, 0) is 32.7 Å². The summed E-state index contributed by atoms with van der Waals surface area (Å²) >= 11 is 0. The molecule has 1 rings (SSSR count). The molecule has 1 saturated carbocycles. The van der Waals surface area contributed by atoms with E-state index in [1.807, 2.05) is 0 Å². The second kappa shape index (κ2) is 41.3. The lowest BCUT2D eigenvalue weighted by Gasteiger charge is -2.41. The maximum absolute atomic E-state index is 12.8. The third-order valence-electron chi connectivity index (χ3n) is 12.3. The molecule has 6 unspecified atom stereocenters. The van der Waals surface area contributed by atoms with Crippen molar-refractivity contribution in [2.45, 2.75) is 275 Å². The molecule has 13 nitrogen and oxygen atoms in total. The molecule has 14 heteroatoms. The summed E-state index contributed by atoms with van der Waals surface area (Å²) in [5.74, 6) is -1.10. The van der Waals surface area contributed by atoms with E-state index in [0.29, 0.717) is 12.8 Å². The van der Waals surface area contributed by atoms with E-state index >= 15 is 0 Å². The lowest BCUT2D eigenvalue weighted by molar-refractivity contribution is -0.220. The van der Waals surface area contributed by atoms with Gasteiger partial charge in [-0.05, 0) is 38.5 Å². The molecule has 0 saturated heterocycles. The van der Waals surface area contributed by atoms with E-state index in [4.69, 9.17) is 18.5 Å². The van der Waals surface area contributed by atoms with Crippen molar-refractivity contribution in [3.8, 4) is 0 Å². The Morgan fingerprint density at radius 2 is 0.846 bits per heavy atom. The minimum absolute atomic E-state index is 0.0985. The van der Waals surface area contributed by atoms with Gasteiger partial charge in [-0.25, -0.2) is 4.57 Å². The molecule has 382 valence electrons. The van der Waals surface area contributed by atoms with Gasteiger partial charge in [-0.1, -0.05) is 205 Å². The Hall–Kier alpha value is -1.67. The van der Waals surface area contributed by atoms with Gasteiger partial charge in [-0.15, -0.1) is 0 Å². The number of aliphatic hydroxyl groups is 5. The highest BCUT2D eigenvalue weighted by Crippen LogP contribution is 2.47. The molecule has 0 aromatic rings. The molecule has 6 N–H and O–H groups in total. The quantitative estimate of drug-likeness (QED) is 0.0146. The summed E-state index contributed by atoms with van der Waals surface area (Å²) in [6, 6.07) is 0. The first-order valence-corrected chi connectivity index (χ1v) is 27.6. The first kappa shape index (κ1) is 61.3. The first-order valence-electron chi connectivity index (χ1n) is 26.1. The zero-order valence-electron chi connectivity index (χ0n) is 40.8. The highest BCUT2D eigenvalue weighted by molar-refractivity contribution is 7.47. The Bertz CT molecular complexity index is 1230. The first-order chi connectivity index (χ1) is 31.4. The molecule has 0 aromatic heterocycles. The number of phosphoric ester groups is 1. The van der Waals surface area contributed by atoms with Gasteiger partial charge in [0.05, 0.1) is 6.61 Å². The van der Waals surface area contributed by atoms with Gasteiger partial charge in [0.2, 0.25) is 0 Å². The standard InChI is InChI=1S/C51H95O13P/c1-3-5-7-9-11-13-15-17-19-20-21-22-23-24-25-26-28-30-32-34-36-38-40-45(53)63-43(42-62-65(59,60)64-51-49(57)47(55)46(54)48(56)50(51)58)41-61-44(52)39-37-35-33-31-29-27-18-16-14-12-10-8-6-4-2/h10,12,16,18,43,46-51,54-58H,3-9,11,13-15,17,19-42H2,1-2H3,(H,59,60)/b12-10+,18-16+/t43-,46?,47-,48?,49?,50?,51?/m1/s1. The number of hydrogen-bond acceptors (Lipinski definition) is 12. The Morgan fingerprint density at radius 3 is 1.29 bits per heavy atom. The van der Waals surface area contributed by atoms with Crippen molar-refractivity contribution in [3.63, 3.8) is 0 Å². The summed E-state index contributed by atoms with van der Waals surface area (Å²) in [6.45, 7) is 3.28. The van der Waals surface area contributed by atoms with E-state index < -0.39 is 75.7 Å². The van der Waals surface area contributed by atoms with Crippen molar-refractivity contribution in [2.24, 2.45) is 0 Å². The molecule has 8 atom stereocenters. The molecular weight excluding hydrogens is 852 g/mol. The molecule has 0 radical (unpaired) electrons. The average Bonchev–Trinajstić information content (AvgIpc) is 3.29. The van der Waals surface area contributed by atoms with Crippen molar-refractivity contribution < 1.29 is 63.1 Å². The van der Waals surface area contributed by atoms with Gasteiger partial charge in [0, 0.05) is 12.8 Å². The number of esters is 2. The number of carbonyl (C=O) groups excluding carboxylic acids is 2. The third-order valence-corrected chi connectivity index (χ3v) is 13.3. The van der Waals surface area contributed by atoms with Crippen molar-refractivity contribution in [3.05, 3.63) is 24.3 Å². The number of phosphoric acid groups is 1. The maximum atomic E-state index is 12.8. The maximum Gasteiger partial charge on any atom is 0.472 e. The van der Waals surface area contributed by atoms with Crippen molar-refractivity contribution >= 4 is 19.8 Å². The van der Waals surface area contributed by atoms with E-state index in [1.165, 1.54) is 128 Å². The normalized spacial score (nSPS) is 21.5. The minimum atomic E-state index is -5.12. The summed E-state index contributed by atoms with van der Waals surface area (Å²) < 4.78 is 33.6. The molecule has 0 bridgehead atoms. The number of rotatable bonds is 44. The minimum Gasteiger partial charge on any atom is -0.462 e. The molecule has 0 amide bonds. The van der Waals surface area contributed by atoms with E-state index in [1.54, 1.807) is 0 Å². The van der Waals surface area contributed by atoms with E-state index in [-0.39, 0.29) is 12.8 Å². The number of aliphatic hydroxyl groups excluding tert-OH is 5. The monoisotopic (exact) mass is 947 g/mol. The number of hydrogen-bond donors (Lipinski definition) is 6. The SMILES string of the molecule is CCCC/C=C/C/C=C/CCCCCCCC(=O)OC[C@H](COP(=O)(O)OC1C(O)C(O)C(O)[C@@H](O)C1O)OC(=O)CCCCCCCCCCCCCCCCCCCCCCCC. The van der Waals surface area contributed by atoms with Crippen molar-refractivity contribution in [2.75, 3.05) is 13.2 Å². The van der Waals surface area contributed by atoms with Gasteiger partial charge in [0.15, 0.2) is 6.10 Å². The number of carbonyl (C=O) groups is 2. The van der Waals surface area contributed by atoms with Crippen LogP contribution in [0.25, 0.3) is 0 Å². The predicted octanol–water partition coefficient (Wildman–Crippen LogP) is 11.2. The zero-order valence-corrected chi connectivity index (χ0v) is 41.7. The van der Waals surface area contributed by atoms with Crippen LogP contribution in [0.3, 0.4) is 0 Å². The summed E-state index contributed by atoms with van der Waals surface area (Å²) in [5, 5.41) is 50.2. The fourth-order valence-electron chi connectivity index (χ4n) is 8.07. The van der Waals surface area contributed by atoms with Crippen LogP contribution in [-0.4, -0.2) is 98.3 Å². The third kappa shape index (κ3) is 33.5. The predicted molar refractivity (Wildman–Crippen MR) is 258 cm³/mol. The molecule has 1 aliphatic carbocycles. The average molecular weight is 947 g/mol. The molecule has 0 aromatic carbocycles. The highest BCUT2D eigenvalue weighted by Gasteiger charge is 2.51. The largest absolute Gasteiger partial charge is 0.472 e. The molecular formula is C51H95O13P. The van der Waals surface area contributed by atoms with Crippen LogP contribution in [0.5, 0.6) is 0 Å². The zero-order chi connectivity index (χ0) is 47.8. The fourth-order valence-corrected chi connectivity index (χ4v) is 9.04. The van der Waals surface area contributed by atoms with Gasteiger partial charge in [0.1, 0.15) is 43.2 Å². The lowest BCUT2D eigenvalue weighted by atomic mass is 9.85. The summed E-state index contributed by atoms with van der Waals surface area (Å²) in [5.41, 5.74) is 0. The summed E-state index contributed by atoms with van der Waals surface area (Å²) in [7, 11) is -5.12. The Kier molecular flexibility index (Phi) is 39.0. The van der Waals surface area contributed by atoms with Gasteiger partial charge >= 0.3 is 19.8 Å². The number of ether oxygens (including phenoxy) is 2. The second-order valence-electron chi connectivity index (χ2n) is 18.4. The second-order valence-corrected chi connectivity index (χ2v) is 19.8. The van der Waals surface area contributed by atoms with Crippen LogP contribution in [0.1, 0.15) is 232 Å². The van der Waals surface area contributed by atoms with E-state index in [0.717, 1.165) is 64.2 Å². The number of unbranched alkanes of at least 4 members (excludes halogenated alkanes) is 28. The van der Waals surface area contributed by atoms with Crippen LogP contribution in [0.15, 0.2) is 24.3 Å². The van der Waals surface area contributed by atoms with Crippen LogP contribution >= 0.6 is 7.82 Å². The van der Waals surface area contributed by atoms with E-state index in [2.05, 4.69) is 38.2 Å². The Labute approximate surface area is 394 Å². The fraction of sp³-hybridized carbons (Fsp3) is 0.882. The molecule has 1 fully saturated rings. The van der Waals surface area contributed by atoms with Crippen molar-refractivity contribution in [1.29, 1.82) is 0 Å². The molecule has 0 spiro atoms. The molecule has 0 aliphatic heterocycles. The van der Waals surface area contributed by atoms with E-state index in [9.17, 15) is 44.6 Å². The molecule has 0 heterocycles. The lowest BCUT2D eigenvalue weighted by Crippen LogP contribution is -2.64. The van der Waals surface area contributed by atoms with Crippen LogP contribution < -0.4 is 0 Å². The van der Waals surface area contributed by atoms with Gasteiger partial charge in [-0.2, -0.15) is 0 Å². The molecule has 65 heavy (non-hydrogen) atoms. The van der Waals surface area contributed by atoms with Gasteiger partial charge < -0.3 is 39.9 Å². The van der Waals surface area contributed by atoms with Gasteiger partial charge in [0.25, 0.3) is 0 Å². The Balaban J connectivity index is 2.36. The van der Waals surface area contributed by atoms with Crippen molar-refractivity contribution in [1.82, 2.24) is 0 Å². The summed E-state index contributed by atoms with van der Waals surface area (Å²) in [4.78, 5) is 35.8. The number of allylic oxidation sites excluding steroid dienone is 4. The van der Waals surface area contributed by atoms with Crippen LogP contribution in [0, 0.1) is 0 Å².